The zero-order valence-electron chi connectivity index (χ0n) is 5.74. The summed E-state index contributed by atoms with van der Waals surface area (Å²) < 4.78 is 0. The van der Waals surface area contributed by atoms with Gasteiger partial charge in [-0.1, -0.05) is 6.07 Å². The predicted molar refractivity (Wildman–Crippen MR) is 46.6 cm³/mol. The lowest BCUT2D eigenvalue weighted by molar-refractivity contribution is 0.100. The van der Waals surface area contributed by atoms with E-state index >= 15 is 0 Å². The van der Waals surface area contributed by atoms with Gasteiger partial charge >= 0.3 is 0 Å². The second kappa shape index (κ2) is 2.84. The summed E-state index contributed by atoms with van der Waals surface area (Å²) in [6.07, 6.45) is 0. The van der Waals surface area contributed by atoms with E-state index in [1.54, 1.807) is 18.2 Å². The minimum Gasteiger partial charge on any atom is -0.397 e. The van der Waals surface area contributed by atoms with Gasteiger partial charge in [0.1, 0.15) is 0 Å². The van der Waals surface area contributed by atoms with E-state index in [0.29, 0.717) is 16.1 Å². The van der Waals surface area contributed by atoms with Crippen LogP contribution in [0, 0.1) is 0 Å². The van der Waals surface area contributed by atoms with Crippen molar-refractivity contribution in [3.63, 3.8) is 0 Å². The zero-order chi connectivity index (χ0) is 8.43. The fourth-order valence-corrected chi connectivity index (χ4v) is 0.974. The summed E-state index contributed by atoms with van der Waals surface area (Å²) >= 11 is 4.03. The minimum atomic E-state index is -0.529. The van der Waals surface area contributed by atoms with Crippen LogP contribution in [0.15, 0.2) is 23.1 Å². The number of amides is 1. The van der Waals surface area contributed by atoms with Crippen molar-refractivity contribution in [2.24, 2.45) is 5.73 Å². The number of nitrogens with two attached hydrogens (primary N) is 2. The fraction of sp³-hybridized carbons (Fsp3) is 0. The third-order valence-corrected chi connectivity index (χ3v) is 1.74. The Morgan fingerprint density at radius 3 is 2.55 bits per heavy atom. The summed E-state index contributed by atoms with van der Waals surface area (Å²) in [6, 6.07) is 4.95. The van der Waals surface area contributed by atoms with Crippen LogP contribution in [0.25, 0.3) is 0 Å². The Labute approximate surface area is 69.8 Å². The predicted octanol–water partition coefficient (Wildman–Crippen LogP) is 0.656. The molecule has 0 aliphatic heterocycles. The van der Waals surface area contributed by atoms with Crippen LogP contribution >= 0.6 is 12.6 Å². The summed E-state index contributed by atoms with van der Waals surface area (Å²) in [4.78, 5) is 11.3. The molecule has 0 aliphatic carbocycles. The quantitative estimate of drug-likeness (QED) is 0.426. The molecule has 0 fully saturated rings. The lowest BCUT2D eigenvalue weighted by Crippen LogP contribution is -2.13. The number of nitrogen functional groups attached to an aromatic ring is 1. The Hall–Kier alpha value is -1.16. The van der Waals surface area contributed by atoms with Crippen LogP contribution in [0.3, 0.4) is 0 Å². The number of carbonyl (C=O) groups excluding carboxylic acids is 1. The molecule has 1 amide bonds. The van der Waals surface area contributed by atoms with Gasteiger partial charge in [-0.15, -0.1) is 12.6 Å². The van der Waals surface area contributed by atoms with E-state index in [9.17, 15) is 4.79 Å². The standard InChI is InChI=1S/C7H8N2OS/c8-6-4(7(9)10)2-1-3-5(6)11/h1-3,11H,8H2,(H2,9,10). The van der Waals surface area contributed by atoms with Crippen molar-refractivity contribution in [3.05, 3.63) is 23.8 Å². The Balaban J connectivity index is 3.27. The van der Waals surface area contributed by atoms with Crippen LogP contribution < -0.4 is 11.5 Å². The van der Waals surface area contributed by atoms with Gasteiger partial charge in [0.15, 0.2) is 0 Å². The van der Waals surface area contributed by atoms with Gasteiger partial charge in [0.05, 0.1) is 11.3 Å². The molecule has 1 aromatic carbocycles. The van der Waals surface area contributed by atoms with Crippen molar-refractivity contribution in [2.45, 2.75) is 4.90 Å². The van der Waals surface area contributed by atoms with Crippen molar-refractivity contribution in [2.75, 3.05) is 5.73 Å². The Morgan fingerprint density at radius 1 is 1.45 bits per heavy atom. The molecular weight excluding hydrogens is 160 g/mol. The van der Waals surface area contributed by atoms with E-state index in [1.807, 2.05) is 0 Å². The number of hydrogen-bond donors (Lipinski definition) is 3. The molecule has 0 saturated heterocycles. The van der Waals surface area contributed by atoms with Gasteiger partial charge in [-0.25, -0.2) is 0 Å². The summed E-state index contributed by atoms with van der Waals surface area (Å²) in [5, 5.41) is 0. The molecule has 4 N–H and O–H groups in total. The maximum atomic E-state index is 10.7. The number of thiol groups is 1. The second-order valence-electron chi connectivity index (χ2n) is 2.10. The summed E-state index contributed by atoms with van der Waals surface area (Å²) in [5.41, 5.74) is 11.2. The van der Waals surface area contributed by atoms with E-state index in [0.717, 1.165) is 0 Å². The summed E-state index contributed by atoms with van der Waals surface area (Å²) in [7, 11) is 0. The molecule has 0 aliphatic rings. The molecule has 0 atom stereocenters. The highest BCUT2D eigenvalue weighted by atomic mass is 32.1. The number of benzene rings is 1. The maximum absolute atomic E-state index is 10.7. The van der Waals surface area contributed by atoms with Crippen LogP contribution in [0.1, 0.15) is 10.4 Å². The Bertz CT molecular complexity index is 298. The normalized spacial score (nSPS) is 9.55. The van der Waals surface area contributed by atoms with Crippen LogP contribution in [0.2, 0.25) is 0 Å². The van der Waals surface area contributed by atoms with Crippen LogP contribution in [0.4, 0.5) is 5.69 Å². The molecule has 0 spiro atoms. The van der Waals surface area contributed by atoms with E-state index in [4.69, 9.17) is 11.5 Å². The molecule has 0 bridgehead atoms. The van der Waals surface area contributed by atoms with Crippen LogP contribution in [0.5, 0.6) is 0 Å². The second-order valence-corrected chi connectivity index (χ2v) is 2.58. The molecule has 0 radical (unpaired) electrons. The third-order valence-electron chi connectivity index (χ3n) is 1.35. The molecule has 0 saturated carbocycles. The number of para-hydroxylation sites is 1. The molecule has 3 nitrogen and oxygen atoms in total. The Morgan fingerprint density at radius 2 is 2.09 bits per heavy atom. The summed E-state index contributed by atoms with van der Waals surface area (Å²) in [5.74, 6) is -0.529. The fourth-order valence-electron chi connectivity index (χ4n) is 0.768. The number of hydrogen-bond acceptors (Lipinski definition) is 3. The van der Waals surface area contributed by atoms with Crippen molar-refractivity contribution >= 4 is 24.2 Å². The highest BCUT2D eigenvalue weighted by Gasteiger charge is 2.05. The maximum Gasteiger partial charge on any atom is 0.250 e. The number of anilines is 1. The van der Waals surface area contributed by atoms with Gasteiger partial charge in [-0.05, 0) is 12.1 Å². The molecule has 1 aromatic rings. The van der Waals surface area contributed by atoms with E-state index in [-0.39, 0.29) is 0 Å². The lowest BCUT2D eigenvalue weighted by Gasteiger charge is -2.02. The van der Waals surface area contributed by atoms with Gasteiger partial charge < -0.3 is 11.5 Å². The van der Waals surface area contributed by atoms with Crippen LogP contribution in [-0.2, 0) is 0 Å². The highest BCUT2D eigenvalue weighted by molar-refractivity contribution is 7.80. The largest absolute Gasteiger partial charge is 0.397 e. The number of primary amides is 1. The van der Waals surface area contributed by atoms with Crippen molar-refractivity contribution < 1.29 is 4.79 Å². The summed E-state index contributed by atoms with van der Waals surface area (Å²) in [6.45, 7) is 0. The Kier molecular flexibility index (Phi) is 2.05. The first-order chi connectivity index (χ1) is 5.13. The van der Waals surface area contributed by atoms with E-state index in [1.165, 1.54) is 0 Å². The monoisotopic (exact) mass is 168 g/mol. The zero-order valence-corrected chi connectivity index (χ0v) is 6.64. The van der Waals surface area contributed by atoms with Crippen molar-refractivity contribution in [1.82, 2.24) is 0 Å². The van der Waals surface area contributed by atoms with Gasteiger partial charge in [-0.3, -0.25) is 4.79 Å². The smallest absolute Gasteiger partial charge is 0.250 e. The molecule has 58 valence electrons. The SMILES string of the molecule is NC(=O)c1cccc(S)c1N. The van der Waals surface area contributed by atoms with E-state index < -0.39 is 5.91 Å². The minimum absolute atomic E-state index is 0.317. The average Bonchev–Trinajstić information content (AvgIpc) is 1.94. The first kappa shape index (κ1) is 7.94. The van der Waals surface area contributed by atoms with E-state index in [2.05, 4.69) is 12.6 Å². The van der Waals surface area contributed by atoms with Gasteiger partial charge in [-0.2, -0.15) is 0 Å². The molecule has 0 aromatic heterocycles. The van der Waals surface area contributed by atoms with Gasteiger partial charge in [0, 0.05) is 4.90 Å². The lowest BCUT2D eigenvalue weighted by atomic mass is 10.2. The van der Waals surface area contributed by atoms with Crippen molar-refractivity contribution in [1.29, 1.82) is 0 Å². The van der Waals surface area contributed by atoms with Crippen molar-refractivity contribution in [3.8, 4) is 0 Å². The number of carbonyl (C=O) groups is 1. The third kappa shape index (κ3) is 1.46. The molecule has 11 heavy (non-hydrogen) atoms. The molecule has 1 rings (SSSR count). The highest BCUT2D eigenvalue weighted by Crippen LogP contribution is 2.19. The first-order valence-electron chi connectivity index (χ1n) is 3.00. The molecular formula is C7H8N2OS. The van der Waals surface area contributed by atoms with Crippen LogP contribution in [-0.4, -0.2) is 5.91 Å². The topological polar surface area (TPSA) is 69.1 Å². The molecule has 4 heteroatoms. The van der Waals surface area contributed by atoms with Gasteiger partial charge in [0.25, 0.3) is 5.91 Å². The van der Waals surface area contributed by atoms with Gasteiger partial charge in [0.2, 0.25) is 0 Å². The molecule has 0 unspecified atom stereocenters. The molecule has 0 heterocycles. The number of rotatable bonds is 1. The first-order valence-corrected chi connectivity index (χ1v) is 3.45. The average molecular weight is 168 g/mol.